The third-order valence-corrected chi connectivity index (χ3v) is 5.44. The van der Waals surface area contributed by atoms with Gasteiger partial charge in [0.25, 0.3) is 0 Å². The molecule has 0 bridgehead atoms. The third kappa shape index (κ3) is 3.32. The van der Waals surface area contributed by atoms with E-state index < -0.39 is 5.60 Å². The summed E-state index contributed by atoms with van der Waals surface area (Å²) >= 11 is 0. The molecule has 0 amide bonds. The quantitative estimate of drug-likeness (QED) is 0.845. The van der Waals surface area contributed by atoms with Crippen LogP contribution in [0.1, 0.15) is 70.3 Å². The van der Waals surface area contributed by atoms with Gasteiger partial charge in [0.15, 0.2) is 0 Å². The molecule has 0 saturated heterocycles. The highest BCUT2D eigenvalue weighted by molar-refractivity contribution is 5.26. The molecule has 0 aliphatic heterocycles. The van der Waals surface area contributed by atoms with Gasteiger partial charge in [-0.3, -0.25) is 0 Å². The lowest BCUT2D eigenvalue weighted by atomic mass is 9.60. The number of aliphatic hydroxyl groups is 1. The van der Waals surface area contributed by atoms with Crippen LogP contribution in [0.3, 0.4) is 0 Å². The first-order chi connectivity index (χ1) is 10.2. The molecule has 21 heavy (non-hydrogen) atoms. The summed E-state index contributed by atoms with van der Waals surface area (Å²) in [5.74, 6) is 0. The number of hydrogen-bond donors (Lipinski definition) is 2. The zero-order valence-corrected chi connectivity index (χ0v) is 13.5. The van der Waals surface area contributed by atoms with Crippen LogP contribution in [0.15, 0.2) is 30.3 Å². The van der Waals surface area contributed by atoms with Crippen molar-refractivity contribution in [2.24, 2.45) is 11.1 Å². The van der Waals surface area contributed by atoms with E-state index in [0.29, 0.717) is 6.54 Å². The second kappa shape index (κ2) is 7.42. The normalized spacial score (nSPS) is 22.0. The predicted molar refractivity (Wildman–Crippen MR) is 89.1 cm³/mol. The van der Waals surface area contributed by atoms with Gasteiger partial charge in [0.05, 0.1) is 5.60 Å². The van der Waals surface area contributed by atoms with E-state index in [1.54, 1.807) is 0 Å². The lowest BCUT2D eigenvalue weighted by Crippen LogP contribution is -2.51. The van der Waals surface area contributed by atoms with Crippen LogP contribution in [-0.2, 0) is 5.60 Å². The second-order valence-electron chi connectivity index (χ2n) is 6.73. The van der Waals surface area contributed by atoms with Crippen molar-refractivity contribution < 1.29 is 5.11 Å². The fraction of sp³-hybridized carbons (Fsp3) is 0.684. The summed E-state index contributed by atoms with van der Waals surface area (Å²) in [4.78, 5) is 0. The zero-order valence-electron chi connectivity index (χ0n) is 13.5. The molecule has 2 nitrogen and oxygen atoms in total. The maximum absolute atomic E-state index is 11.7. The zero-order chi connectivity index (χ0) is 15.2. The van der Waals surface area contributed by atoms with E-state index in [0.717, 1.165) is 31.2 Å². The summed E-state index contributed by atoms with van der Waals surface area (Å²) in [5, 5.41) is 11.7. The van der Waals surface area contributed by atoms with E-state index in [-0.39, 0.29) is 5.41 Å². The van der Waals surface area contributed by atoms with Gasteiger partial charge >= 0.3 is 0 Å². The van der Waals surface area contributed by atoms with E-state index in [4.69, 9.17) is 5.73 Å². The molecule has 0 radical (unpaired) electrons. The molecule has 1 aromatic carbocycles. The van der Waals surface area contributed by atoms with Crippen LogP contribution < -0.4 is 5.73 Å². The lowest BCUT2D eigenvalue weighted by molar-refractivity contribution is -0.108. The lowest BCUT2D eigenvalue weighted by Gasteiger charge is -2.48. The summed E-state index contributed by atoms with van der Waals surface area (Å²) in [6, 6.07) is 10.2. The van der Waals surface area contributed by atoms with Crippen molar-refractivity contribution in [3.63, 3.8) is 0 Å². The van der Waals surface area contributed by atoms with Crippen molar-refractivity contribution in [2.75, 3.05) is 6.54 Å². The fourth-order valence-corrected chi connectivity index (χ4v) is 4.16. The van der Waals surface area contributed by atoms with Crippen LogP contribution in [0.4, 0.5) is 0 Å². The minimum Gasteiger partial charge on any atom is -0.385 e. The Morgan fingerprint density at radius 1 is 1.05 bits per heavy atom. The van der Waals surface area contributed by atoms with E-state index in [2.05, 4.69) is 19.1 Å². The van der Waals surface area contributed by atoms with E-state index in [9.17, 15) is 5.11 Å². The Morgan fingerprint density at radius 3 is 2.14 bits per heavy atom. The third-order valence-electron chi connectivity index (χ3n) is 5.44. The maximum Gasteiger partial charge on any atom is 0.0964 e. The first kappa shape index (κ1) is 16.5. The highest BCUT2D eigenvalue weighted by Gasteiger charge is 2.49. The Kier molecular flexibility index (Phi) is 5.83. The standard InChI is InChI=1S/C19H31NO/c1-2-13-19(21,17-11-7-6-8-12-17)18(16-20)14-9-4-3-5-10-15-18/h6-8,11-12,21H,2-5,9-10,13-16,20H2,1H3. The highest BCUT2D eigenvalue weighted by atomic mass is 16.3. The topological polar surface area (TPSA) is 46.2 Å². The van der Waals surface area contributed by atoms with Gasteiger partial charge in [-0.1, -0.05) is 75.8 Å². The highest BCUT2D eigenvalue weighted by Crippen LogP contribution is 2.50. The van der Waals surface area contributed by atoms with E-state index in [1.807, 2.05) is 18.2 Å². The van der Waals surface area contributed by atoms with Gasteiger partial charge in [-0.05, 0) is 24.8 Å². The van der Waals surface area contributed by atoms with Gasteiger partial charge in [0, 0.05) is 12.0 Å². The average Bonchev–Trinajstić information content (AvgIpc) is 2.49. The van der Waals surface area contributed by atoms with E-state index >= 15 is 0 Å². The van der Waals surface area contributed by atoms with Crippen molar-refractivity contribution in [3.05, 3.63) is 35.9 Å². The Hall–Kier alpha value is -0.860. The molecule has 1 aliphatic rings. The first-order valence-corrected chi connectivity index (χ1v) is 8.66. The molecule has 2 heteroatoms. The molecule has 0 aromatic heterocycles. The van der Waals surface area contributed by atoms with Gasteiger partial charge in [-0.15, -0.1) is 0 Å². The Bertz CT molecular complexity index is 409. The van der Waals surface area contributed by atoms with Gasteiger partial charge in [0.2, 0.25) is 0 Å². The average molecular weight is 289 g/mol. The van der Waals surface area contributed by atoms with Crippen LogP contribution in [0.25, 0.3) is 0 Å². The molecule has 3 N–H and O–H groups in total. The summed E-state index contributed by atoms with van der Waals surface area (Å²) in [6.07, 6.45) is 10.1. The summed E-state index contributed by atoms with van der Waals surface area (Å²) in [6.45, 7) is 2.74. The molecule has 2 rings (SSSR count). The minimum absolute atomic E-state index is 0.162. The number of hydrogen-bond acceptors (Lipinski definition) is 2. The molecule has 1 unspecified atom stereocenters. The van der Waals surface area contributed by atoms with Crippen LogP contribution in [-0.4, -0.2) is 11.7 Å². The molecule has 1 aromatic rings. The summed E-state index contributed by atoms with van der Waals surface area (Å²) < 4.78 is 0. The molecule has 1 saturated carbocycles. The molecule has 1 fully saturated rings. The number of nitrogens with two attached hydrogens (primary N) is 1. The monoisotopic (exact) mass is 289 g/mol. The van der Waals surface area contributed by atoms with Gasteiger partial charge in [-0.2, -0.15) is 0 Å². The van der Waals surface area contributed by atoms with Gasteiger partial charge in [0.1, 0.15) is 0 Å². The molecule has 1 aliphatic carbocycles. The first-order valence-electron chi connectivity index (χ1n) is 8.66. The smallest absolute Gasteiger partial charge is 0.0964 e. The van der Waals surface area contributed by atoms with E-state index in [1.165, 1.54) is 32.1 Å². The molecule has 0 heterocycles. The van der Waals surface area contributed by atoms with Crippen LogP contribution in [0.2, 0.25) is 0 Å². The van der Waals surface area contributed by atoms with Crippen molar-refractivity contribution in [2.45, 2.75) is 70.3 Å². The molecule has 1 atom stereocenters. The van der Waals surface area contributed by atoms with Crippen molar-refractivity contribution in [3.8, 4) is 0 Å². The number of rotatable bonds is 5. The van der Waals surface area contributed by atoms with Crippen LogP contribution in [0.5, 0.6) is 0 Å². The SMILES string of the molecule is CCCC(O)(c1ccccc1)C1(CN)CCCCCCC1. The van der Waals surface area contributed by atoms with Crippen LogP contribution >= 0.6 is 0 Å². The second-order valence-corrected chi connectivity index (χ2v) is 6.73. The Morgan fingerprint density at radius 2 is 1.62 bits per heavy atom. The fourth-order valence-electron chi connectivity index (χ4n) is 4.16. The largest absolute Gasteiger partial charge is 0.385 e. The maximum atomic E-state index is 11.7. The van der Waals surface area contributed by atoms with Crippen LogP contribution in [0, 0.1) is 5.41 Å². The Labute approximate surface area is 129 Å². The van der Waals surface area contributed by atoms with Crippen molar-refractivity contribution >= 4 is 0 Å². The predicted octanol–water partition coefficient (Wildman–Crippen LogP) is 4.36. The summed E-state index contributed by atoms with van der Waals surface area (Å²) in [7, 11) is 0. The van der Waals surface area contributed by atoms with Gasteiger partial charge < -0.3 is 10.8 Å². The van der Waals surface area contributed by atoms with Crippen molar-refractivity contribution in [1.29, 1.82) is 0 Å². The molecular formula is C19H31NO. The molecule has 118 valence electrons. The molecule has 0 spiro atoms. The summed E-state index contributed by atoms with van der Waals surface area (Å²) in [5.41, 5.74) is 6.36. The van der Waals surface area contributed by atoms with Gasteiger partial charge in [-0.25, -0.2) is 0 Å². The van der Waals surface area contributed by atoms with Crippen molar-refractivity contribution in [1.82, 2.24) is 0 Å². The minimum atomic E-state index is -0.783. The number of benzene rings is 1. The Balaban J connectivity index is 2.40. The molecular weight excluding hydrogens is 258 g/mol.